The molecule has 23 heavy (non-hydrogen) atoms. The van der Waals surface area contributed by atoms with E-state index in [1.807, 2.05) is 6.07 Å². The van der Waals surface area contributed by atoms with Crippen molar-refractivity contribution in [2.45, 2.75) is 18.9 Å². The number of likely N-dealkylation sites (tertiary alicyclic amines) is 1. The Kier molecular flexibility index (Phi) is 6.02. The molecule has 0 saturated carbocycles. The van der Waals surface area contributed by atoms with E-state index in [1.54, 1.807) is 30.2 Å². The van der Waals surface area contributed by atoms with Gasteiger partial charge in [0.25, 0.3) is 5.91 Å². The Balaban J connectivity index is 1.85. The van der Waals surface area contributed by atoms with E-state index in [2.05, 4.69) is 11.9 Å². The number of rotatable bonds is 5. The number of carbonyl (C=O) groups excluding carboxylic acids is 2. The molecular weight excluding hydrogens is 296 g/mol. The third kappa shape index (κ3) is 4.48. The van der Waals surface area contributed by atoms with Gasteiger partial charge < -0.3 is 19.7 Å². The van der Waals surface area contributed by atoms with Gasteiger partial charge in [-0.2, -0.15) is 0 Å². The number of para-hydroxylation sites is 1. The lowest BCUT2D eigenvalue weighted by molar-refractivity contribution is 0.0872. The molecule has 0 aliphatic carbocycles. The minimum atomic E-state index is -0.334. The maximum Gasteiger partial charge on any atom is 0.410 e. The van der Waals surface area contributed by atoms with Crippen molar-refractivity contribution in [2.24, 2.45) is 0 Å². The second-order valence-electron chi connectivity index (χ2n) is 5.30. The molecule has 1 fully saturated rings. The predicted octanol–water partition coefficient (Wildman–Crippen LogP) is 2.21. The zero-order chi connectivity index (χ0) is 16.7. The monoisotopic (exact) mass is 318 g/mol. The summed E-state index contributed by atoms with van der Waals surface area (Å²) < 4.78 is 10.2. The second kappa shape index (κ2) is 8.22. The molecule has 1 heterocycles. The quantitative estimate of drug-likeness (QED) is 0.845. The number of methoxy groups -OCH3 is 1. The van der Waals surface area contributed by atoms with Crippen molar-refractivity contribution < 1.29 is 19.1 Å². The van der Waals surface area contributed by atoms with Gasteiger partial charge in [-0.05, 0) is 25.0 Å². The Morgan fingerprint density at radius 2 is 2.04 bits per heavy atom. The van der Waals surface area contributed by atoms with Crippen LogP contribution in [-0.2, 0) is 4.74 Å². The fourth-order valence-corrected chi connectivity index (χ4v) is 2.52. The molecule has 1 aliphatic rings. The summed E-state index contributed by atoms with van der Waals surface area (Å²) in [6.07, 6.45) is 2.60. The average Bonchev–Trinajstić information content (AvgIpc) is 2.60. The maximum atomic E-state index is 12.3. The van der Waals surface area contributed by atoms with Crippen molar-refractivity contribution in [3.63, 3.8) is 0 Å². The number of benzene rings is 1. The molecule has 0 bridgehead atoms. The van der Waals surface area contributed by atoms with Crippen LogP contribution in [0.5, 0.6) is 5.75 Å². The number of hydrogen-bond acceptors (Lipinski definition) is 4. The number of amides is 2. The number of nitrogens with one attached hydrogen (secondary N) is 1. The standard InChI is InChI=1S/C17H22N2O4/c1-3-12-23-17(21)19-10-8-13(9-11-19)18-16(20)14-6-4-5-7-15(14)22-2/h3-7,13H,1,8-12H2,2H3,(H,18,20). The zero-order valence-corrected chi connectivity index (χ0v) is 13.3. The summed E-state index contributed by atoms with van der Waals surface area (Å²) in [5.41, 5.74) is 0.517. The van der Waals surface area contributed by atoms with Crippen LogP contribution in [-0.4, -0.2) is 49.7 Å². The molecular formula is C17H22N2O4. The predicted molar refractivity (Wildman–Crippen MR) is 86.6 cm³/mol. The van der Waals surface area contributed by atoms with Gasteiger partial charge in [-0.25, -0.2) is 4.79 Å². The van der Waals surface area contributed by atoms with Crippen LogP contribution in [0.2, 0.25) is 0 Å². The largest absolute Gasteiger partial charge is 0.496 e. The molecule has 124 valence electrons. The second-order valence-corrected chi connectivity index (χ2v) is 5.30. The first-order valence-electron chi connectivity index (χ1n) is 7.62. The maximum absolute atomic E-state index is 12.3. The number of nitrogens with zero attached hydrogens (tertiary/aromatic N) is 1. The Bertz CT molecular complexity index is 565. The lowest BCUT2D eigenvalue weighted by Gasteiger charge is -2.31. The van der Waals surface area contributed by atoms with Crippen molar-refractivity contribution >= 4 is 12.0 Å². The summed E-state index contributed by atoms with van der Waals surface area (Å²) in [5.74, 6) is 0.394. The highest BCUT2D eigenvalue weighted by Crippen LogP contribution is 2.18. The number of hydrogen-bond donors (Lipinski definition) is 1. The Morgan fingerprint density at radius 3 is 2.70 bits per heavy atom. The highest BCUT2D eigenvalue weighted by molar-refractivity contribution is 5.97. The van der Waals surface area contributed by atoms with Gasteiger partial charge in [-0.3, -0.25) is 4.79 Å². The van der Waals surface area contributed by atoms with Crippen LogP contribution in [0.1, 0.15) is 23.2 Å². The zero-order valence-electron chi connectivity index (χ0n) is 13.3. The SMILES string of the molecule is C=CCOC(=O)N1CCC(NC(=O)c2ccccc2OC)CC1. The first kappa shape index (κ1) is 16.9. The van der Waals surface area contributed by atoms with E-state index in [1.165, 1.54) is 6.08 Å². The van der Waals surface area contributed by atoms with E-state index in [4.69, 9.17) is 9.47 Å². The molecule has 2 amide bonds. The molecule has 6 nitrogen and oxygen atoms in total. The van der Waals surface area contributed by atoms with Crippen LogP contribution < -0.4 is 10.1 Å². The molecule has 1 aromatic carbocycles. The van der Waals surface area contributed by atoms with Crippen LogP contribution in [0.25, 0.3) is 0 Å². The molecule has 1 aliphatic heterocycles. The van der Waals surface area contributed by atoms with Crippen molar-refractivity contribution in [2.75, 3.05) is 26.8 Å². The smallest absolute Gasteiger partial charge is 0.410 e. The van der Waals surface area contributed by atoms with Gasteiger partial charge in [0.2, 0.25) is 0 Å². The molecule has 0 unspecified atom stereocenters. The van der Waals surface area contributed by atoms with Gasteiger partial charge in [0.1, 0.15) is 12.4 Å². The number of ether oxygens (including phenoxy) is 2. The van der Waals surface area contributed by atoms with Gasteiger partial charge in [0.15, 0.2) is 0 Å². The van der Waals surface area contributed by atoms with Crippen LogP contribution >= 0.6 is 0 Å². The van der Waals surface area contributed by atoms with Gasteiger partial charge in [0.05, 0.1) is 12.7 Å². The number of piperidine rings is 1. The van der Waals surface area contributed by atoms with Crippen LogP contribution in [0.3, 0.4) is 0 Å². The van der Waals surface area contributed by atoms with E-state index < -0.39 is 0 Å². The Labute approximate surface area is 136 Å². The minimum Gasteiger partial charge on any atom is -0.496 e. The van der Waals surface area contributed by atoms with E-state index >= 15 is 0 Å². The van der Waals surface area contributed by atoms with E-state index in [0.717, 1.165) is 0 Å². The molecule has 0 spiro atoms. The first-order chi connectivity index (χ1) is 11.2. The van der Waals surface area contributed by atoms with Crippen molar-refractivity contribution in [1.29, 1.82) is 0 Å². The summed E-state index contributed by atoms with van der Waals surface area (Å²) in [4.78, 5) is 25.7. The summed E-state index contributed by atoms with van der Waals surface area (Å²) >= 11 is 0. The first-order valence-corrected chi connectivity index (χ1v) is 7.62. The van der Waals surface area contributed by atoms with E-state index in [-0.39, 0.29) is 24.6 Å². The normalized spacial score (nSPS) is 14.9. The summed E-state index contributed by atoms with van der Waals surface area (Å²) in [7, 11) is 1.54. The molecule has 0 radical (unpaired) electrons. The number of carbonyl (C=O) groups is 2. The highest BCUT2D eigenvalue weighted by Gasteiger charge is 2.25. The van der Waals surface area contributed by atoms with E-state index in [0.29, 0.717) is 37.2 Å². The minimum absolute atomic E-state index is 0.0378. The molecule has 0 aromatic heterocycles. The lowest BCUT2D eigenvalue weighted by Crippen LogP contribution is -2.46. The van der Waals surface area contributed by atoms with Crippen LogP contribution in [0.4, 0.5) is 4.79 Å². The fourth-order valence-electron chi connectivity index (χ4n) is 2.52. The van der Waals surface area contributed by atoms with Gasteiger partial charge in [0, 0.05) is 19.1 Å². The van der Waals surface area contributed by atoms with Crippen LogP contribution in [0, 0.1) is 0 Å². The Morgan fingerprint density at radius 1 is 1.35 bits per heavy atom. The lowest BCUT2D eigenvalue weighted by atomic mass is 10.0. The molecule has 1 N–H and O–H groups in total. The van der Waals surface area contributed by atoms with E-state index in [9.17, 15) is 9.59 Å². The Hall–Kier alpha value is -2.50. The third-order valence-electron chi connectivity index (χ3n) is 3.76. The fraction of sp³-hybridized carbons (Fsp3) is 0.412. The average molecular weight is 318 g/mol. The van der Waals surface area contributed by atoms with Crippen LogP contribution in [0.15, 0.2) is 36.9 Å². The van der Waals surface area contributed by atoms with Crippen molar-refractivity contribution in [3.8, 4) is 5.75 Å². The summed E-state index contributed by atoms with van der Waals surface area (Å²) in [6, 6.07) is 7.15. The molecule has 6 heteroatoms. The molecule has 2 rings (SSSR count). The topological polar surface area (TPSA) is 67.9 Å². The van der Waals surface area contributed by atoms with Crippen molar-refractivity contribution in [3.05, 3.63) is 42.5 Å². The van der Waals surface area contributed by atoms with Gasteiger partial charge in [-0.15, -0.1) is 0 Å². The molecule has 0 atom stereocenters. The highest BCUT2D eigenvalue weighted by atomic mass is 16.6. The van der Waals surface area contributed by atoms with Crippen molar-refractivity contribution in [1.82, 2.24) is 10.2 Å². The molecule has 1 aromatic rings. The van der Waals surface area contributed by atoms with Gasteiger partial charge in [-0.1, -0.05) is 24.8 Å². The summed E-state index contributed by atoms with van der Waals surface area (Å²) in [5, 5.41) is 3.00. The third-order valence-corrected chi connectivity index (χ3v) is 3.76. The summed E-state index contributed by atoms with van der Waals surface area (Å²) in [6.45, 7) is 4.85. The van der Waals surface area contributed by atoms with Gasteiger partial charge >= 0.3 is 6.09 Å². The molecule has 1 saturated heterocycles.